The number of ketones is 1. The Morgan fingerprint density at radius 1 is 1.03 bits per heavy atom. The summed E-state index contributed by atoms with van der Waals surface area (Å²) < 4.78 is 20.7. The lowest BCUT2D eigenvalue weighted by molar-refractivity contribution is -0.137. The van der Waals surface area contributed by atoms with Gasteiger partial charge in [0, 0.05) is 23.0 Å². The molecular formula is C31H26FN3O4. The van der Waals surface area contributed by atoms with Crippen LogP contribution in [0, 0.1) is 11.7 Å². The van der Waals surface area contributed by atoms with Crippen molar-refractivity contribution in [1.82, 2.24) is 4.90 Å². The Morgan fingerprint density at radius 2 is 1.77 bits per heavy atom. The van der Waals surface area contributed by atoms with Crippen molar-refractivity contribution in [1.29, 1.82) is 0 Å². The Hall–Kier alpha value is -4.30. The van der Waals surface area contributed by atoms with Crippen molar-refractivity contribution in [3.8, 4) is 5.75 Å². The van der Waals surface area contributed by atoms with Crippen molar-refractivity contribution >= 4 is 29.0 Å². The number of halogens is 1. The largest absolute Gasteiger partial charge is 0.489 e. The third-order valence-corrected chi connectivity index (χ3v) is 8.85. The van der Waals surface area contributed by atoms with Crippen LogP contribution >= 0.6 is 0 Å². The first kappa shape index (κ1) is 23.8. The fourth-order valence-electron chi connectivity index (χ4n) is 7.66. The van der Waals surface area contributed by atoms with Gasteiger partial charge in [-0.05, 0) is 61.3 Å². The normalized spacial score (nSPS) is 28.2. The highest BCUT2D eigenvalue weighted by Crippen LogP contribution is 2.68. The summed E-state index contributed by atoms with van der Waals surface area (Å²) in [5, 5.41) is 5.92. The van der Waals surface area contributed by atoms with E-state index in [0.717, 1.165) is 6.42 Å². The zero-order chi connectivity index (χ0) is 26.9. The summed E-state index contributed by atoms with van der Waals surface area (Å²) in [6.07, 6.45) is 2.95. The summed E-state index contributed by atoms with van der Waals surface area (Å²) in [6.45, 7) is 4.40. The van der Waals surface area contributed by atoms with Crippen molar-refractivity contribution in [2.75, 3.05) is 23.8 Å². The van der Waals surface area contributed by atoms with Gasteiger partial charge in [0.05, 0.1) is 11.5 Å². The average Bonchev–Trinajstić information content (AvgIpc) is 3.66. The van der Waals surface area contributed by atoms with Crippen LogP contribution in [0.15, 0.2) is 79.4 Å². The second kappa shape index (κ2) is 8.35. The Labute approximate surface area is 224 Å². The number of ether oxygens (including phenoxy) is 1. The van der Waals surface area contributed by atoms with E-state index in [0.29, 0.717) is 46.8 Å². The van der Waals surface area contributed by atoms with Crippen LogP contribution in [0.4, 0.5) is 15.8 Å². The Bertz CT molecular complexity index is 1590. The highest BCUT2D eigenvalue weighted by molar-refractivity contribution is 6.21. The van der Waals surface area contributed by atoms with E-state index in [1.165, 1.54) is 18.2 Å². The first-order valence-corrected chi connectivity index (χ1v) is 13.1. The van der Waals surface area contributed by atoms with E-state index in [4.69, 9.17) is 4.74 Å². The number of amides is 2. The third-order valence-electron chi connectivity index (χ3n) is 8.85. The lowest BCUT2D eigenvalue weighted by Gasteiger charge is -2.43. The van der Waals surface area contributed by atoms with Gasteiger partial charge in [-0.3, -0.25) is 19.3 Å². The number of benzene rings is 3. The number of carbonyl (C=O) groups excluding carboxylic acids is 3. The fourth-order valence-corrected chi connectivity index (χ4v) is 7.66. The van der Waals surface area contributed by atoms with Crippen LogP contribution in [0.1, 0.15) is 34.3 Å². The predicted molar refractivity (Wildman–Crippen MR) is 143 cm³/mol. The molecule has 2 saturated heterocycles. The van der Waals surface area contributed by atoms with Crippen molar-refractivity contribution in [3.63, 3.8) is 0 Å². The summed E-state index contributed by atoms with van der Waals surface area (Å²) >= 11 is 0. The average molecular weight is 524 g/mol. The third kappa shape index (κ3) is 2.81. The minimum absolute atomic E-state index is 0.206. The second-order valence-electron chi connectivity index (χ2n) is 10.5. The van der Waals surface area contributed by atoms with Gasteiger partial charge in [-0.15, -0.1) is 0 Å². The molecule has 0 aliphatic carbocycles. The molecule has 0 radical (unpaired) electrons. The first-order chi connectivity index (χ1) is 19.0. The molecule has 0 aromatic heterocycles. The number of nitrogens with one attached hydrogen (secondary N) is 2. The Kier molecular flexibility index (Phi) is 5.09. The molecule has 4 heterocycles. The van der Waals surface area contributed by atoms with E-state index in [1.807, 2.05) is 11.0 Å². The smallest absolute Gasteiger partial charge is 0.251 e. The van der Waals surface area contributed by atoms with Crippen LogP contribution in [0.2, 0.25) is 0 Å². The van der Waals surface area contributed by atoms with E-state index in [-0.39, 0.29) is 12.4 Å². The van der Waals surface area contributed by atoms with Crippen LogP contribution in [-0.2, 0) is 20.5 Å². The maximum atomic E-state index is 14.9. The van der Waals surface area contributed by atoms with Crippen LogP contribution in [0.3, 0.4) is 0 Å². The molecule has 3 aromatic rings. The summed E-state index contributed by atoms with van der Waals surface area (Å²) in [5.74, 6) is -2.20. The first-order valence-electron chi connectivity index (χ1n) is 13.1. The van der Waals surface area contributed by atoms with Gasteiger partial charge < -0.3 is 15.4 Å². The van der Waals surface area contributed by atoms with Gasteiger partial charge in [-0.25, -0.2) is 4.39 Å². The monoisotopic (exact) mass is 523 g/mol. The van der Waals surface area contributed by atoms with Crippen molar-refractivity contribution < 1.29 is 23.5 Å². The van der Waals surface area contributed by atoms with Crippen LogP contribution in [-0.4, -0.2) is 41.7 Å². The molecule has 3 aromatic carbocycles. The van der Waals surface area contributed by atoms with Gasteiger partial charge >= 0.3 is 0 Å². The highest BCUT2D eigenvalue weighted by atomic mass is 19.1. The maximum absolute atomic E-state index is 14.9. The lowest BCUT2D eigenvalue weighted by Crippen LogP contribution is -2.62. The summed E-state index contributed by atoms with van der Waals surface area (Å²) in [5.41, 5.74) is -0.957. The van der Waals surface area contributed by atoms with E-state index < -0.39 is 40.5 Å². The minimum atomic E-state index is -1.64. The molecule has 4 atom stereocenters. The molecule has 0 bridgehead atoms. The van der Waals surface area contributed by atoms with Crippen LogP contribution in [0.25, 0.3) is 0 Å². The van der Waals surface area contributed by atoms with Gasteiger partial charge in [0.15, 0.2) is 5.78 Å². The van der Waals surface area contributed by atoms with Crippen LogP contribution < -0.4 is 15.4 Å². The molecule has 7 rings (SSSR count). The predicted octanol–water partition coefficient (Wildman–Crippen LogP) is 4.41. The lowest BCUT2D eigenvalue weighted by atomic mass is 9.57. The van der Waals surface area contributed by atoms with Gasteiger partial charge in [0.2, 0.25) is 5.91 Å². The summed E-state index contributed by atoms with van der Waals surface area (Å²) in [7, 11) is 0. The number of anilines is 2. The van der Waals surface area contributed by atoms with Crippen molar-refractivity contribution in [3.05, 3.63) is 102 Å². The summed E-state index contributed by atoms with van der Waals surface area (Å²) in [6, 6.07) is 17.9. The molecule has 2 fully saturated rings. The van der Waals surface area contributed by atoms with Gasteiger partial charge in [0.1, 0.15) is 29.1 Å². The minimum Gasteiger partial charge on any atom is -0.489 e. The van der Waals surface area contributed by atoms with Gasteiger partial charge in [0.25, 0.3) is 5.91 Å². The number of para-hydroxylation sites is 2. The zero-order valence-electron chi connectivity index (χ0n) is 21.1. The molecule has 2 N–H and O–H groups in total. The van der Waals surface area contributed by atoms with Gasteiger partial charge in [-0.2, -0.15) is 0 Å². The number of hydrogen-bond acceptors (Lipinski definition) is 5. The molecular weight excluding hydrogens is 497 g/mol. The molecule has 4 aliphatic rings. The molecule has 2 spiro atoms. The number of hydrogen-bond donors (Lipinski definition) is 2. The molecule has 4 aliphatic heterocycles. The second-order valence-corrected chi connectivity index (χ2v) is 10.5. The van der Waals surface area contributed by atoms with Gasteiger partial charge in [-0.1, -0.05) is 43.0 Å². The zero-order valence-corrected chi connectivity index (χ0v) is 21.1. The molecule has 7 nitrogen and oxygen atoms in total. The maximum Gasteiger partial charge on any atom is 0.251 e. The molecule has 8 heteroatoms. The topological polar surface area (TPSA) is 87.7 Å². The number of carbonyl (C=O) groups is 3. The number of rotatable bonds is 5. The van der Waals surface area contributed by atoms with Crippen LogP contribution in [0.5, 0.6) is 5.75 Å². The molecule has 4 unspecified atom stereocenters. The quantitative estimate of drug-likeness (QED) is 0.382. The fraction of sp³-hybridized carbons (Fsp3) is 0.258. The molecule has 0 saturated carbocycles. The number of fused-ring (bicyclic) bond motifs is 7. The number of nitrogens with zero attached hydrogens (tertiary/aromatic N) is 1. The van der Waals surface area contributed by atoms with E-state index >= 15 is 0 Å². The molecule has 39 heavy (non-hydrogen) atoms. The number of Topliss-reactive ketones (excluding diaryl/α,β-unsaturated/α-hetero) is 1. The molecule has 196 valence electrons. The highest BCUT2D eigenvalue weighted by Gasteiger charge is 2.81. The molecule has 2 amide bonds. The Morgan fingerprint density at radius 3 is 2.62 bits per heavy atom. The Balaban J connectivity index is 1.55. The SMILES string of the molecule is C=CCOc1ccccc1C(=O)C1C2CCCN2C2(C(=O)Nc3ccc(F)cc32)C12C(=O)Nc1ccccc12. The van der Waals surface area contributed by atoms with E-state index in [9.17, 15) is 18.8 Å². The van der Waals surface area contributed by atoms with Crippen molar-refractivity contribution in [2.24, 2.45) is 5.92 Å². The standard InChI is InChI=1S/C31H26FN3O4/c1-2-16-39-25-12-6-3-8-19(25)27(36)26-24-11-7-15-35(24)31(21-17-18(32)13-14-23(21)34-29(31)38)30(26)20-9-4-5-10-22(20)33-28(30)37/h2-6,8-10,12-14,17,24,26H,1,7,11,15-16H2,(H,33,37)(H,34,38). The van der Waals surface area contributed by atoms with E-state index in [2.05, 4.69) is 17.2 Å². The van der Waals surface area contributed by atoms with Crippen molar-refractivity contribution in [2.45, 2.75) is 29.8 Å². The summed E-state index contributed by atoms with van der Waals surface area (Å²) in [4.78, 5) is 45.6. The van der Waals surface area contributed by atoms with E-state index in [1.54, 1.807) is 48.5 Å².